The largest absolute Gasteiger partial charge is 0.281 e. The van der Waals surface area contributed by atoms with Gasteiger partial charge in [0, 0.05) is 29.3 Å². The third-order valence-electron chi connectivity index (χ3n) is 4.12. The van der Waals surface area contributed by atoms with Crippen LogP contribution in [0.5, 0.6) is 0 Å². The molecule has 0 spiro atoms. The monoisotopic (exact) mass is 312 g/mol. The van der Waals surface area contributed by atoms with Gasteiger partial charge in [-0.15, -0.1) is 0 Å². The average molecular weight is 312 g/mol. The quantitative estimate of drug-likeness (QED) is 0.885. The van der Waals surface area contributed by atoms with E-state index in [1.165, 1.54) is 5.69 Å². The van der Waals surface area contributed by atoms with E-state index in [2.05, 4.69) is 80.8 Å². The fourth-order valence-electron chi connectivity index (χ4n) is 2.61. The first kappa shape index (κ1) is 17.3. The van der Waals surface area contributed by atoms with Gasteiger partial charge in [0.05, 0.1) is 11.4 Å². The van der Waals surface area contributed by atoms with Gasteiger partial charge in [-0.05, 0) is 30.7 Å². The molecule has 0 aliphatic carbocycles. The lowest BCUT2D eigenvalue weighted by molar-refractivity contribution is 0.483. The van der Waals surface area contributed by atoms with Crippen LogP contribution in [0.25, 0.3) is 12.2 Å². The molecular weight excluding hydrogens is 284 g/mol. The van der Waals surface area contributed by atoms with Crippen LogP contribution in [0.2, 0.25) is 0 Å². The maximum Gasteiger partial charge on any atom is 0.0848 e. The molecule has 4 nitrogen and oxygen atoms in total. The van der Waals surface area contributed by atoms with E-state index in [9.17, 15) is 0 Å². The highest BCUT2D eigenvalue weighted by Crippen LogP contribution is 2.28. The minimum atomic E-state index is 0.00265. The number of aromatic amines is 1. The summed E-state index contributed by atoms with van der Waals surface area (Å²) in [6.07, 6.45) is 6.97. The maximum atomic E-state index is 4.45. The molecule has 0 radical (unpaired) electrons. The highest BCUT2D eigenvalue weighted by Gasteiger charge is 2.23. The number of hydrogen-bond acceptors (Lipinski definition) is 2. The maximum absolute atomic E-state index is 4.45. The summed E-state index contributed by atoms with van der Waals surface area (Å²) < 4.78 is 1.94. The molecule has 0 saturated carbocycles. The molecule has 2 aromatic heterocycles. The lowest BCUT2D eigenvalue weighted by atomic mass is 9.85. The lowest BCUT2D eigenvalue weighted by Gasteiger charge is -2.23. The summed E-state index contributed by atoms with van der Waals surface area (Å²) in [6, 6.07) is 4.22. The van der Waals surface area contributed by atoms with Gasteiger partial charge < -0.3 is 0 Å². The van der Waals surface area contributed by atoms with Crippen molar-refractivity contribution >= 4 is 12.2 Å². The van der Waals surface area contributed by atoms with Gasteiger partial charge in [0.1, 0.15) is 0 Å². The molecule has 0 fully saturated rings. The van der Waals surface area contributed by atoms with E-state index in [1.54, 1.807) is 6.08 Å². The Kier molecular flexibility index (Phi) is 4.64. The summed E-state index contributed by atoms with van der Waals surface area (Å²) >= 11 is 0. The van der Waals surface area contributed by atoms with E-state index in [-0.39, 0.29) is 10.8 Å². The molecule has 0 bridgehead atoms. The Morgan fingerprint density at radius 3 is 2.39 bits per heavy atom. The summed E-state index contributed by atoms with van der Waals surface area (Å²) in [5.74, 6) is 0. The predicted octanol–water partition coefficient (Wildman–Crippen LogP) is 4.46. The summed E-state index contributed by atoms with van der Waals surface area (Å²) in [4.78, 5) is 0. The molecule has 0 aliphatic rings. The molecule has 2 aromatic rings. The van der Waals surface area contributed by atoms with Gasteiger partial charge in [-0.3, -0.25) is 9.78 Å². The van der Waals surface area contributed by atoms with Crippen molar-refractivity contribution in [3.8, 4) is 0 Å². The Morgan fingerprint density at radius 2 is 1.87 bits per heavy atom. The number of aryl methyl sites for hydroxylation is 1. The molecule has 1 N–H and O–H groups in total. The minimum absolute atomic E-state index is 0.00265. The molecule has 0 amide bonds. The minimum Gasteiger partial charge on any atom is -0.281 e. The van der Waals surface area contributed by atoms with Gasteiger partial charge in [0.25, 0.3) is 0 Å². The highest BCUT2D eigenvalue weighted by atomic mass is 15.3. The predicted molar refractivity (Wildman–Crippen MR) is 97.3 cm³/mol. The van der Waals surface area contributed by atoms with E-state index in [4.69, 9.17) is 0 Å². The van der Waals surface area contributed by atoms with Gasteiger partial charge in [0.2, 0.25) is 0 Å². The van der Waals surface area contributed by atoms with Gasteiger partial charge >= 0.3 is 0 Å². The van der Waals surface area contributed by atoms with Crippen molar-refractivity contribution < 1.29 is 0 Å². The molecule has 0 unspecified atom stereocenters. The van der Waals surface area contributed by atoms with Crippen LogP contribution < -0.4 is 0 Å². The highest BCUT2D eigenvalue weighted by molar-refractivity contribution is 5.46. The third-order valence-corrected chi connectivity index (χ3v) is 4.12. The zero-order valence-corrected chi connectivity index (χ0v) is 15.1. The Morgan fingerprint density at radius 1 is 1.17 bits per heavy atom. The summed E-state index contributed by atoms with van der Waals surface area (Å²) in [5.41, 5.74) is 4.34. The zero-order chi connectivity index (χ0) is 17.3. The number of H-pyrrole nitrogens is 1. The Hall–Kier alpha value is -2.10. The van der Waals surface area contributed by atoms with Crippen molar-refractivity contribution in [1.82, 2.24) is 20.0 Å². The number of aromatic nitrogens is 4. The number of nitrogens with one attached hydrogen (secondary N) is 1. The van der Waals surface area contributed by atoms with E-state index in [1.807, 2.05) is 11.7 Å². The summed E-state index contributed by atoms with van der Waals surface area (Å²) in [6.45, 7) is 14.8. The molecule has 23 heavy (non-hydrogen) atoms. The first-order chi connectivity index (χ1) is 10.6. The number of nitrogens with zero attached hydrogens (tertiary/aromatic N) is 3. The van der Waals surface area contributed by atoms with E-state index in [0.717, 1.165) is 23.5 Å². The molecule has 2 rings (SSSR count). The van der Waals surface area contributed by atoms with Crippen molar-refractivity contribution in [2.24, 2.45) is 7.05 Å². The Bertz CT molecular complexity index is 708. The Balaban J connectivity index is 2.10. The third kappa shape index (κ3) is 4.01. The molecule has 2 heterocycles. The van der Waals surface area contributed by atoms with E-state index >= 15 is 0 Å². The standard InChI is InChI=1S/C19H28N4/c1-8-14-13-17(23(7)22-14)19(5,6)11-9-10-15-12-16(21-20-15)18(2,3)4/h8-10,12-13H,1,11H2,2-7H3,(H,20,21). The zero-order valence-electron chi connectivity index (χ0n) is 15.1. The van der Waals surface area contributed by atoms with Crippen LogP contribution in [0.15, 0.2) is 24.8 Å². The fourth-order valence-corrected chi connectivity index (χ4v) is 2.61. The summed E-state index contributed by atoms with van der Waals surface area (Å²) in [7, 11) is 1.98. The topological polar surface area (TPSA) is 46.5 Å². The molecule has 0 atom stereocenters. The molecule has 4 heteroatoms. The fraction of sp³-hybridized carbons (Fsp3) is 0.474. The molecule has 0 aromatic carbocycles. The first-order valence-electron chi connectivity index (χ1n) is 8.03. The number of hydrogen-bond donors (Lipinski definition) is 1. The first-order valence-corrected chi connectivity index (χ1v) is 8.03. The van der Waals surface area contributed by atoms with Crippen molar-refractivity contribution in [3.63, 3.8) is 0 Å². The number of rotatable bonds is 5. The van der Waals surface area contributed by atoms with Crippen molar-refractivity contribution in [2.45, 2.75) is 51.9 Å². The van der Waals surface area contributed by atoms with Gasteiger partial charge in [-0.2, -0.15) is 10.2 Å². The van der Waals surface area contributed by atoms with Crippen LogP contribution in [0.4, 0.5) is 0 Å². The van der Waals surface area contributed by atoms with Gasteiger partial charge in [0.15, 0.2) is 0 Å². The van der Waals surface area contributed by atoms with Crippen molar-refractivity contribution in [1.29, 1.82) is 0 Å². The van der Waals surface area contributed by atoms with Crippen LogP contribution >= 0.6 is 0 Å². The molecule has 0 saturated heterocycles. The van der Waals surface area contributed by atoms with Crippen LogP contribution in [-0.4, -0.2) is 20.0 Å². The Labute approximate surface area is 139 Å². The van der Waals surface area contributed by atoms with Crippen LogP contribution in [0.1, 0.15) is 63.8 Å². The second-order valence-corrected chi connectivity index (χ2v) is 7.73. The number of allylic oxidation sites excluding steroid dienone is 1. The molecule has 124 valence electrons. The van der Waals surface area contributed by atoms with E-state index < -0.39 is 0 Å². The van der Waals surface area contributed by atoms with Crippen LogP contribution in [-0.2, 0) is 17.9 Å². The molecular formula is C19H28N4. The van der Waals surface area contributed by atoms with E-state index in [0.29, 0.717) is 0 Å². The normalized spacial score (nSPS) is 13.0. The van der Waals surface area contributed by atoms with Crippen LogP contribution in [0.3, 0.4) is 0 Å². The van der Waals surface area contributed by atoms with Gasteiger partial charge in [-0.1, -0.05) is 47.3 Å². The molecule has 0 aliphatic heterocycles. The summed E-state index contributed by atoms with van der Waals surface area (Å²) in [5, 5.41) is 11.9. The SMILES string of the molecule is C=Cc1cc(C(C)(C)CC=Cc2cc(C(C)(C)C)[nH]n2)n(C)n1. The van der Waals surface area contributed by atoms with Crippen molar-refractivity contribution in [2.75, 3.05) is 0 Å². The van der Waals surface area contributed by atoms with Crippen molar-refractivity contribution in [3.05, 3.63) is 47.6 Å². The van der Waals surface area contributed by atoms with Crippen LogP contribution in [0, 0.1) is 0 Å². The second-order valence-electron chi connectivity index (χ2n) is 7.73. The average Bonchev–Trinajstić information content (AvgIpc) is 3.04. The van der Waals surface area contributed by atoms with Gasteiger partial charge in [-0.25, -0.2) is 0 Å². The smallest absolute Gasteiger partial charge is 0.0848 e. The second kappa shape index (κ2) is 6.19. The lowest BCUT2D eigenvalue weighted by Crippen LogP contribution is -2.20.